The second-order valence-corrected chi connectivity index (χ2v) is 17.1. The van der Waals surface area contributed by atoms with Crippen molar-refractivity contribution in [2.24, 2.45) is 0 Å². The molecule has 0 radical (unpaired) electrons. The van der Waals surface area contributed by atoms with E-state index in [-0.39, 0.29) is 0 Å². The third-order valence-electron chi connectivity index (χ3n) is 5.64. The molecule has 2 aromatic carbocycles. The van der Waals surface area contributed by atoms with Crippen LogP contribution >= 0.6 is 0 Å². The molecule has 0 saturated carbocycles. The van der Waals surface area contributed by atoms with Crippen molar-refractivity contribution >= 4 is 8.84 Å². The van der Waals surface area contributed by atoms with Crippen LogP contribution in [0.4, 0.5) is 0 Å². The number of allylic oxidation sites excluding steroid dienone is 4. The number of hydrogen-bond acceptors (Lipinski definition) is 0. The predicted octanol–water partition coefficient (Wildman–Crippen LogP) is 6.50. The first-order valence-electron chi connectivity index (χ1n) is 9.55. The van der Waals surface area contributed by atoms with Gasteiger partial charge in [-0.05, 0) is 0 Å². The van der Waals surface area contributed by atoms with Crippen LogP contribution in [0.3, 0.4) is 0 Å². The van der Waals surface area contributed by atoms with Gasteiger partial charge >= 0.3 is 161 Å². The molecule has 127 valence electrons. The number of fused-ring (bicyclic) bond motifs is 3. The van der Waals surface area contributed by atoms with Crippen LogP contribution in [0, 0.1) is 0 Å². The summed E-state index contributed by atoms with van der Waals surface area (Å²) in [5.74, 6) is 0. The van der Waals surface area contributed by atoms with Gasteiger partial charge in [0.15, 0.2) is 0 Å². The van der Waals surface area contributed by atoms with Gasteiger partial charge < -0.3 is 0 Å². The Morgan fingerprint density at radius 2 is 1.56 bits per heavy atom. The predicted molar refractivity (Wildman–Crippen MR) is 106 cm³/mol. The van der Waals surface area contributed by atoms with Gasteiger partial charge in [0.2, 0.25) is 0 Å². The summed E-state index contributed by atoms with van der Waals surface area (Å²) in [7, 11) is 0. The van der Waals surface area contributed by atoms with Crippen molar-refractivity contribution in [3.63, 3.8) is 0 Å². The molecule has 25 heavy (non-hydrogen) atoms. The molecule has 0 aromatic heterocycles. The van der Waals surface area contributed by atoms with Crippen LogP contribution in [0.25, 0.3) is 16.7 Å². The van der Waals surface area contributed by atoms with E-state index in [1.807, 2.05) is 3.27 Å². The van der Waals surface area contributed by atoms with Crippen molar-refractivity contribution in [2.75, 3.05) is 0 Å². The number of rotatable bonds is 4. The van der Waals surface area contributed by atoms with E-state index in [0.717, 1.165) is 20.1 Å². The van der Waals surface area contributed by atoms with E-state index < -0.39 is 21.8 Å². The zero-order valence-corrected chi connectivity index (χ0v) is 18.2. The topological polar surface area (TPSA) is 0 Å². The molecular weight excluding hydrogens is 379 g/mol. The van der Waals surface area contributed by atoms with Crippen LogP contribution in [0.2, 0.25) is 7.25 Å². The van der Waals surface area contributed by atoms with Crippen LogP contribution in [-0.4, -0.2) is 0 Å². The molecule has 0 fully saturated rings. The van der Waals surface area contributed by atoms with Gasteiger partial charge in [-0.25, -0.2) is 0 Å². The third kappa shape index (κ3) is 2.95. The average molecular weight is 407 g/mol. The summed E-state index contributed by atoms with van der Waals surface area (Å²) in [5, 5.41) is 0. The number of benzene rings is 2. The van der Waals surface area contributed by atoms with Crippen molar-refractivity contribution in [1.29, 1.82) is 0 Å². The normalized spacial score (nSPS) is 14.9. The summed E-state index contributed by atoms with van der Waals surface area (Å²) in [5.41, 5.74) is 9.29. The van der Waals surface area contributed by atoms with Crippen LogP contribution < -0.4 is 3.27 Å². The van der Waals surface area contributed by atoms with E-state index >= 15 is 0 Å². The fourth-order valence-electron chi connectivity index (χ4n) is 4.70. The number of hydrogen-bond donors (Lipinski definition) is 0. The molecular formula is C24H27Zr. The second-order valence-electron chi connectivity index (χ2n) is 7.94. The van der Waals surface area contributed by atoms with E-state index in [1.165, 1.54) is 22.3 Å². The van der Waals surface area contributed by atoms with Crippen molar-refractivity contribution < 1.29 is 21.8 Å². The molecule has 0 saturated heterocycles. The van der Waals surface area contributed by atoms with Gasteiger partial charge in [0.25, 0.3) is 0 Å². The third-order valence-corrected chi connectivity index (χ3v) is 14.6. The Morgan fingerprint density at radius 3 is 2.24 bits per heavy atom. The Hall–Kier alpha value is -1.20. The van der Waals surface area contributed by atoms with E-state index in [4.69, 9.17) is 0 Å². The molecule has 0 bridgehead atoms. The summed E-state index contributed by atoms with van der Waals surface area (Å²) < 4.78 is 3.49. The van der Waals surface area contributed by atoms with Gasteiger partial charge in [-0.3, -0.25) is 0 Å². The fourth-order valence-corrected chi connectivity index (χ4v) is 13.6. The standard InChI is InChI=1S/C18H13.2C3H7.Zr/c1-2-6-13(5-1)14-9-10-18-16(11-14)12-15-7-3-4-8-17(15)18;2*1-3-2;/h1-5,7-10H,6,12H2;2*3H,1-2H3;. The molecule has 2 aromatic rings. The van der Waals surface area contributed by atoms with Crippen LogP contribution in [0.15, 0.2) is 54.6 Å². The van der Waals surface area contributed by atoms with Gasteiger partial charge in [-0.1, -0.05) is 0 Å². The van der Waals surface area contributed by atoms with Gasteiger partial charge in [0, 0.05) is 0 Å². The molecule has 0 aliphatic heterocycles. The average Bonchev–Trinajstić information content (AvgIpc) is 3.22. The molecule has 0 unspecified atom stereocenters. The molecule has 4 rings (SSSR count). The van der Waals surface area contributed by atoms with Crippen molar-refractivity contribution in [3.05, 3.63) is 71.3 Å². The Labute approximate surface area is 160 Å². The van der Waals surface area contributed by atoms with E-state index in [9.17, 15) is 0 Å². The molecule has 2 aliphatic rings. The Kier molecular flexibility index (Phi) is 4.72. The van der Waals surface area contributed by atoms with Gasteiger partial charge in [-0.2, -0.15) is 0 Å². The summed E-state index contributed by atoms with van der Waals surface area (Å²) in [6.45, 7) is 9.89. The fraction of sp³-hybridized carbons (Fsp3) is 0.333. The maximum absolute atomic E-state index is 2.47. The van der Waals surface area contributed by atoms with Crippen molar-refractivity contribution in [2.45, 2.75) is 47.8 Å². The van der Waals surface area contributed by atoms with Crippen molar-refractivity contribution in [1.82, 2.24) is 0 Å². The Morgan fingerprint density at radius 1 is 0.840 bits per heavy atom. The summed E-state index contributed by atoms with van der Waals surface area (Å²) in [6.07, 6.45) is 9.11. The minimum atomic E-state index is -1.78. The summed E-state index contributed by atoms with van der Waals surface area (Å²) in [4.78, 5) is 0. The molecule has 2 aliphatic carbocycles. The second kappa shape index (κ2) is 6.84. The molecule has 0 N–H and O–H groups in total. The van der Waals surface area contributed by atoms with Gasteiger partial charge in [0.05, 0.1) is 0 Å². The summed E-state index contributed by atoms with van der Waals surface area (Å²) >= 11 is -1.78. The Bertz CT molecular complexity index is 860. The molecule has 0 amide bonds. The first kappa shape index (κ1) is 17.2. The first-order chi connectivity index (χ1) is 12.1. The van der Waals surface area contributed by atoms with E-state index in [2.05, 4.69) is 82.3 Å². The van der Waals surface area contributed by atoms with Crippen molar-refractivity contribution in [3.8, 4) is 11.1 Å². The summed E-state index contributed by atoms with van der Waals surface area (Å²) in [6, 6.07) is 13.9. The molecule has 0 spiro atoms. The SMILES string of the molecule is C[CH](C)[Zr]([c]1c(C2=CC=CC2)ccc2c1Cc1ccccc1-2)[CH](C)C. The molecule has 0 atom stereocenters. The van der Waals surface area contributed by atoms with E-state index in [0.29, 0.717) is 0 Å². The first-order valence-corrected chi connectivity index (χ1v) is 13.6. The van der Waals surface area contributed by atoms with Crippen LogP contribution in [-0.2, 0) is 28.2 Å². The zero-order valence-electron chi connectivity index (χ0n) is 15.8. The van der Waals surface area contributed by atoms with Gasteiger partial charge in [0.1, 0.15) is 0 Å². The Balaban J connectivity index is 1.95. The van der Waals surface area contributed by atoms with Crippen LogP contribution in [0.1, 0.15) is 50.8 Å². The molecule has 0 heterocycles. The minimum absolute atomic E-state index is 0.839. The molecule has 0 nitrogen and oxygen atoms in total. The van der Waals surface area contributed by atoms with E-state index in [1.54, 1.807) is 11.1 Å². The maximum atomic E-state index is 2.47. The quantitative estimate of drug-likeness (QED) is 0.464. The molecule has 1 heteroatoms. The zero-order chi connectivity index (χ0) is 17.6. The van der Waals surface area contributed by atoms with Crippen LogP contribution in [0.5, 0.6) is 0 Å². The monoisotopic (exact) mass is 405 g/mol. The van der Waals surface area contributed by atoms with Gasteiger partial charge in [-0.15, -0.1) is 0 Å².